The predicted molar refractivity (Wildman–Crippen MR) is 100 cm³/mol. The molecular formula is C16H13BrCl2N2O4. The van der Waals surface area contributed by atoms with Crippen LogP contribution in [0.4, 0.5) is 0 Å². The second-order valence-electron chi connectivity index (χ2n) is 4.72. The van der Waals surface area contributed by atoms with Crippen LogP contribution in [-0.4, -0.2) is 31.4 Å². The molecule has 0 radical (unpaired) electrons. The molecule has 0 bridgehead atoms. The molecule has 0 aliphatic rings. The molecule has 25 heavy (non-hydrogen) atoms. The number of ether oxygens (including phenoxy) is 2. The van der Waals surface area contributed by atoms with Crippen molar-refractivity contribution in [2.45, 2.75) is 0 Å². The first-order chi connectivity index (χ1) is 11.9. The van der Waals surface area contributed by atoms with E-state index in [1.165, 1.54) is 32.6 Å². The zero-order chi connectivity index (χ0) is 18.6. The van der Waals surface area contributed by atoms with Crippen LogP contribution in [0.1, 0.15) is 15.9 Å². The highest BCUT2D eigenvalue weighted by Gasteiger charge is 2.15. The number of benzene rings is 2. The van der Waals surface area contributed by atoms with Gasteiger partial charge in [-0.05, 0) is 24.3 Å². The van der Waals surface area contributed by atoms with Gasteiger partial charge in [0.1, 0.15) is 5.75 Å². The Morgan fingerprint density at radius 3 is 2.56 bits per heavy atom. The molecule has 0 unspecified atom stereocenters. The van der Waals surface area contributed by atoms with Crippen molar-refractivity contribution < 1.29 is 19.4 Å². The number of halogens is 3. The largest absolute Gasteiger partial charge is 0.506 e. The van der Waals surface area contributed by atoms with E-state index < -0.39 is 5.91 Å². The SMILES string of the molecule is COc1cc(C(=O)NN=Cc2cc(Br)cc(Cl)c2O)cc(Cl)c1OC. The van der Waals surface area contributed by atoms with Crippen LogP contribution in [0.25, 0.3) is 0 Å². The average molecular weight is 448 g/mol. The molecule has 1 amide bonds. The van der Waals surface area contributed by atoms with E-state index in [0.717, 1.165) is 0 Å². The molecule has 0 aromatic heterocycles. The maximum Gasteiger partial charge on any atom is 0.271 e. The van der Waals surface area contributed by atoms with E-state index in [0.29, 0.717) is 21.5 Å². The lowest BCUT2D eigenvalue weighted by Gasteiger charge is -2.11. The highest BCUT2D eigenvalue weighted by atomic mass is 79.9. The summed E-state index contributed by atoms with van der Waals surface area (Å²) in [5, 5.41) is 14.1. The van der Waals surface area contributed by atoms with Gasteiger partial charge in [-0.25, -0.2) is 5.43 Å². The third-order valence-electron chi connectivity index (χ3n) is 3.12. The molecule has 2 aromatic carbocycles. The Balaban J connectivity index is 2.19. The summed E-state index contributed by atoms with van der Waals surface area (Å²) in [6.45, 7) is 0. The van der Waals surface area contributed by atoms with Crippen LogP contribution in [0.2, 0.25) is 10.0 Å². The number of amides is 1. The number of hydrogen-bond acceptors (Lipinski definition) is 5. The van der Waals surface area contributed by atoms with Gasteiger partial charge in [-0.1, -0.05) is 39.1 Å². The standard InChI is InChI=1S/C16H13BrCl2N2O4/c1-24-13-5-8(4-12(19)15(13)25-2)16(23)21-20-7-9-3-10(17)6-11(18)14(9)22/h3-7,22H,1-2H3,(H,21,23). The normalized spacial score (nSPS) is 10.8. The molecule has 0 saturated carbocycles. The van der Waals surface area contributed by atoms with Crippen molar-refractivity contribution >= 4 is 51.3 Å². The number of phenols is 1. The first-order valence-electron chi connectivity index (χ1n) is 6.80. The lowest BCUT2D eigenvalue weighted by Crippen LogP contribution is -2.17. The smallest absolute Gasteiger partial charge is 0.271 e. The number of carbonyl (C=O) groups is 1. The van der Waals surface area contributed by atoms with Gasteiger partial charge in [-0.15, -0.1) is 0 Å². The summed E-state index contributed by atoms with van der Waals surface area (Å²) >= 11 is 15.2. The number of nitrogens with one attached hydrogen (secondary N) is 1. The van der Waals surface area contributed by atoms with E-state index >= 15 is 0 Å². The van der Waals surface area contributed by atoms with Gasteiger partial charge in [0.05, 0.1) is 30.5 Å². The van der Waals surface area contributed by atoms with Crippen LogP contribution >= 0.6 is 39.1 Å². The van der Waals surface area contributed by atoms with Gasteiger partial charge in [-0.2, -0.15) is 5.10 Å². The van der Waals surface area contributed by atoms with Crippen molar-refractivity contribution in [1.82, 2.24) is 5.43 Å². The van der Waals surface area contributed by atoms with Gasteiger partial charge in [0.15, 0.2) is 11.5 Å². The van der Waals surface area contributed by atoms with Crippen molar-refractivity contribution in [3.63, 3.8) is 0 Å². The summed E-state index contributed by atoms with van der Waals surface area (Å²) in [6, 6.07) is 6.05. The fourth-order valence-corrected chi connectivity index (χ4v) is 3.08. The van der Waals surface area contributed by atoms with Crippen LogP contribution < -0.4 is 14.9 Å². The van der Waals surface area contributed by atoms with Gasteiger partial charge in [0, 0.05) is 15.6 Å². The summed E-state index contributed by atoms with van der Waals surface area (Å²) in [5.41, 5.74) is 2.91. The van der Waals surface area contributed by atoms with Crippen molar-refractivity contribution in [3.8, 4) is 17.2 Å². The molecule has 2 aromatic rings. The van der Waals surface area contributed by atoms with Crippen LogP contribution in [0.15, 0.2) is 33.8 Å². The van der Waals surface area contributed by atoms with Crippen molar-refractivity contribution in [1.29, 1.82) is 0 Å². The number of hydrogen-bond donors (Lipinski definition) is 2. The number of methoxy groups -OCH3 is 2. The molecular weight excluding hydrogens is 435 g/mol. The topological polar surface area (TPSA) is 80.2 Å². The lowest BCUT2D eigenvalue weighted by atomic mass is 10.2. The summed E-state index contributed by atoms with van der Waals surface area (Å²) in [6.07, 6.45) is 1.27. The first-order valence-corrected chi connectivity index (χ1v) is 8.35. The molecule has 0 atom stereocenters. The van der Waals surface area contributed by atoms with Gasteiger partial charge in [0.25, 0.3) is 5.91 Å². The molecule has 132 valence electrons. The molecule has 0 aliphatic heterocycles. The molecule has 2 rings (SSSR count). The Bertz CT molecular complexity index is 843. The van der Waals surface area contributed by atoms with E-state index in [1.807, 2.05) is 0 Å². The van der Waals surface area contributed by atoms with E-state index in [9.17, 15) is 9.90 Å². The van der Waals surface area contributed by atoms with Gasteiger partial charge >= 0.3 is 0 Å². The second kappa shape index (κ2) is 8.42. The number of rotatable bonds is 5. The summed E-state index contributed by atoms with van der Waals surface area (Å²) in [7, 11) is 2.89. The molecule has 0 fully saturated rings. The third-order valence-corrected chi connectivity index (χ3v) is 4.15. The van der Waals surface area contributed by atoms with Crippen LogP contribution in [0, 0.1) is 0 Å². The van der Waals surface area contributed by atoms with E-state index in [-0.39, 0.29) is 21.4 Å². The number of nitrogens with zero attached hydrogens (tertiary/aromatic N) is 1. The van der Waals surface area contributed by atoms with Gasteiger partial charge in [0.2, 0.25) is 0 Å². The first kappa shape index (κ1) is 19.4. The number of phenolic OH excluding ortho intramolecular Hbond substituents is 1. The van der Waals surface area contributed by atoms with E-state index in [1.54, 1.807) is 12.1 Å². The molecule has 0 heterocycles. The number of hydrazone groups is 1. The Morgan fingerprint density at radius 1 is 1.20 bits per heavy atom. The van der Waals surface area contributed by atoms with Crippen molar-refractivity contribution in [3.05, 3.63) is 49.9 Å². The summed E-state index contributed by atoms with van der Waals surface area (Å²) in [5.74, 6) is -0.00447. The Morgan fingerprint density at radius 2 is 1.92 bits per heavy atom. The van der Waals surface area contributed by atoms with Crippen molar-refractivity contribution in [2.75, 3.05) is 14.2 Å². The maximum absolute atomic E-state index is 12.2. The molecule has 9 heteroatoms. The fourth-order valence-electron chi connectivity index (χ4n) is 1.96. The average Bonchev–Trinajstić information content (AvgIpc) is 2.57. The number of carbonyl (C=O) groups excluding carboxylic acids is 1. The van der Waals surface area contributed by atoms with E-state index in [2.05, 4.69) is 26.5 Å². The third kappa shape index (κ3) is 4.56. The highest BCUT2D eigenvalue weighted by molar-refractivity contribution is 9.10. The Kier molecular flexibility index (Phi) is 6.52. The second-order valence-corrected chi connectivity index (χ2v) is 6.45. The van der Waals surface area contributed by atoms with Gasteiger partial charge in [-0.3, -0.25) is 4.79 Å². The molecule has 2 N–H and O–H groups in total. The Labute approximate surface area is 162 Å². The maximum atomic E-state index is 12.2. The molecule has 0 aliphatic carbocycles. The van der Waals surface area contributed by atoms with Crippen molar-refractivity contribution in [2.24, 2.45) is 5.10 Å². The Hall–Kier alpha value is -1.96. The molecule has 0 spiro atoms. The van der Waals surface area contributed by atoms with Crippen LogP contribution in [0.3, 0.4) is 0 Å². The fraction of sp³-hybridized carbons (Fsp3) is 0.125. The summed E-state index contributed by atoms with van der Waals surface area (Å²) < 4.78 is 10.9. The minimum Gasteiger partial charge on any atom is -0.506 e. The van der Waals surface area contributed by atoms with Crippen LogP contribution in [-0.2, 0) is 0 Å². The minimum absolute atomic E-state index is 0.142. The summed E-state index contributed by atoms with van der Waals surface area (Å²) in [4.78, 5) is 12.2. The highest BCUT2D eigenvalue weighted by Crippen LogP contribution is 2.36. The molecule has 0 saturated heterocycles. The van der Waals surface area contributed by atoms with Crippen LogP contribution in [0.5, 0.6) is 17.2 Å². The zero-order valence-corrected chi connectivity index (χ0v) is 16.2. The predicted octanol–water partition coefficient (Wildman–Crippen LogP) is 4.24. The zero-order valence-electron chi connectivity index (χ0n) is 13.1. The van der Waals surface area contributed by atoms with Gasteiger partial charge < -0.3 is 14.6 Å². The number of aromatic hydroxyl groups is 1. The van der Waals surface area contributed by atoms with E-state index in [4.69, 9.17) is 32.7 Å². The quantitative estimate of drug-likeness (QED) is 0.530. The minimum atomic E-state index is -0.514. The monoisotopic (exact) mass is 446 g/mol. The molecule has 6 nitrogen and oxygen atoms in total. The lowest BCUT2D eigenvalue weighted by molar-refractivity contribution is 0.0954.